The number of alkyl halides is 3. The molecule has 0 N–H and O–H groups in total. The second-order valence-electron chi connectivity index (χ2n) is 2.73. The Morgan fingerprint density at radius 1 is 1.38 bits per heavy atom. The third-order valence-corrected chi connectivity index (χ3v) is 3.32. The van der Waals surface area contributed by atoms with Gasteiger partial charge in [0.25, 0.3) is 0 Å². The third-order valence-electron chi connectivity index (χ3n) is 1.79. The fourth-order valence-corrected chi connectivity index (χ4v) is 2.43. The number of benzene rings is 1. The van der Waals surface area contributed by atoms with E-state index < -0.39 is 17.3 Å². The molecule has 0 aliphatic carbocycles. The van der Waals surface area contributed by atoms with E-state index in [-0.39, 0.29) is 39.0 Å². The Labute approximate surface area is 115 Å². The van der Waals surface area contributed by atoms with E-state index in [1.807, 2.05) is 5.16 Å². The maximum atomic E-state index is 12.7. The molecule has 0 unspecified atom stereocenters. The van der Waals surface area contributed by atoms with Crippen molar-refractivity contribution in [3.05, 3.63) is 23.3 Å². The fraction of sp³-hybridized carbons (Fsp3) is 0.111. The molecule has 0 fully saturated rings. The van der Waals surface area contributed by atoms with Crippen LogP contribution in [0.2, 0.25) is 0 Å². The first-order chi connectivity index (χ1) is 7.41. The van der Waals surface area contributed by atoms with Gasteiger partial charge >= 0.3 is 115 Å². The SMILES string of the molecule is N#Cc1ccc(N=C=S)[c]([Y])c1C(F)(F)F. The summed E-state index contributed by atoms with van der Waals surface area (Å²) in [4.78, 5) is 3.54. The van der Waals surface area contributed by atoms with E-state index in [2.05, 4.69) is 17.2 Å². The molecule has 0 spiro atoms. The first-order valence-corrected chi connectivity index (χ1v) is 5.72. The van der Waals surface area contributed by atoms with E-state index in [0.717, 1.165) is 6.07 Å². The van der Waals surface area contributed by atoms with E-state index >= 15 is 0 Å². The van der Waals surface area contributed by atoms with Crippen LogP contribution in [0.3, 0.4) is 0 Å². The van der Waals surface area contributed by atoms with Gasteiger partial charge in [0.2, 0.25) is 0 Å². The molecule has 1 aromatic carbocycles. The minimum atomic E-state index is -4.55. The Morgan fingerprint density at radius 3 is 2.44 bits per heavy atom. The van der Waals surface area contributed by atoms with Crippen molar-refractivity contribution in [2.24, 2.45) is 4.99 Å². The molecule has 0 aliphatic heterocycles. The van der Waals surface area contributed by atoms with Gasteiger partial charge in [0.15, 0.2) is 0 Å². The third kappa shape index (κ3) is 2.75. The zero-order valence-electron chi connectivity index (χ0n) is 7.67. The number of aliphatic imine (C=N–C) groups is 1. The van der Waals surface area contributed by atoms with Gasteiger partial charge in [-0.3, -0.25) is 0 Å². The van der Waals surface area contributed by atoms with Crippen LogP contribution in [0.15, 0.2) is 17.1 Å². The van der Waals surface area contributed by atoms with Gasteiger partial charge in [0, 0.05) is 0 Å². The van der Waals surface area contributed by atoms with E-state index in [4.69, 9.17) is 5.26 Å². The van der Waals surface area contributed by atoms with Crippen LogP contribution in [0.5, 0.6) is 0 Å². The molecule has 0 saturated heterocycles. The Morgan fingerprint density at radius 2 is 2.00 bits per heavy atom. The van der Waals surface area contributed by atoms with Gasteiger partial charge in [-0.1, -0.05) is 0 Å². The predicted octanol–water partition coefficient (Wildman–Crippen LogP) is 2.48. The molecule has 78 valence electrons. The van der Waals surface area contributed by atoms with E-state index in [9.17, 15) is 13.2 Å². The van der Waals surface area contributed by atoms with Crippen molar-refractivity contribution in [2.75, 3.05) is 0 Å². The number of isothiocyanates is 1. The summed E-state index contributed by atoms with van der Waals surface area (Å²) < 4.78 is 38.1. The van der Waals surface area contributed by atoms with Crippen LogP contribution >= 0.6 is 12.2 Å². The molecular formula is C9H2F3N2SY. The topological polar surface area (TPSA) is 36.1 Å². The molecule has 0 amide bonds. The maximum absolute atomic E-state index is 12.7. The molecule has 0 atom stereocenters. The van der Waals surface area contributed by atoms with E-state index in [1.165, 1.54) is 12.1 Å². The van der Waals surface area contributed by atoms with Crippen molar-refractivity contribution in [1.29, 1.82) is 5.26 Å². The molecule has 0 bridgehead atoms. The summed E-state index contributed by atoms with van der Waals surface area (Å²) >= 11 is 4.54. The number of thiocarbonyl (C=S) groups is 1. The van der Waals surface area contributed by atoms with E-state index in [1.54, 1.807) is 0 Å². The fourth-order valence-electron chi connectivity index (χ4n) is 1.15. The second kappa shape index (κ2) is 5.16. The summed E-state index contributed by atoms with van der Waals surface area (Å²) in [6.45, 7) is 0. The Hall–Kier alpha value is -0.596. The number of hydrogen-bond acceptors (Lipinski definition) is 3. The van der Waals surface area contributed by atoms with Crippen LogP contribution in [0.4, 0.5) is 18.9 Å². The van der Waals surface area contributed by atoms with E-state index in [0.29, 0.717) is 0 Å². The van der Waals surface area contributed by atoms with Crippen LogP contribution < -0.4 is 2.37 Å². The molecule has 7 heteroatoms. The van der Waals surface area contributed by atoms with Crippen LogP contribution in [0.25, 0.3) is 0 Å². The first-order valence-electron chi connectivity index (χ1n) is 3.89. The standard InChI is InChI=1S/C9H2F3N2S.Y/c10-9(11,12)8-3-7(14-5-15)2-1-6(8)4-13;/h1-2H;. The first kappa shape index (κ1) is 13.5. The van der Waals surface area contributed by atoms with Gasteiger partial charge in [-0.2, -0.15) is 0 Å². The summed E-state index contributed by atoms with van der Waals surface area (Å²) in [5.41, 5.74) is -1.17. The molecule has 1 aromatic rings. The number of nitriles is 1. The van der Waals surface area contributed by atoms with Gasteiger partial charge in [0.1, 0.15) is 0 Å². The van der Waals surface area contributed by atoms with Crippen LogP contribution in [-0.2, 0) is 37.1 Å². The average molecular weight is 316 g/mol. The van der Waals surface area contributed by atoms with Gasteiger partial charge in [-0.15, -0.1) is 0 Å². The minimum absolute atomic E-state index is 0.00861. The molecule has 0 aliphatic rings. The van der Waals surface area contributed by atoms with Gasteiger partial charge < -0.3 is 0 Å². The molecule has 0 heterocycles. The van der Waals surface area contributed by atoms with Crippen molar-refractivity contribution < 1.29 is 44.1 Å². The van der Waals surface area contributed by atoms with Gasteiger partial charge in [-0.05, 0) is 0 Å². The van der Waals surface area contributed by atoms with Gasteiger partial charge in [-0.25, -0.2) is 0 Å². The van der Waals surface area contributed by atoms with Crippen molar-refractivity contribution in [1.82, 2.24) is 0 Å². The Balaban J connectivity index is 3.61. The summed E-state index contributed by atoms with van der Waals surface area (Å²) in [7, 11) is 0. The summed E-state index contributed by atoms with van der Waals surface area (Å²) in [5, 5.41) is 10.6. The van der Waals surface area contributed by atoms with Crippen molar-refractivity contribution in [2.45, 2.75) is 6.18 Å². The van der Waals surface area contributed by atoms with Crippen molar-refractivity contribution in [3.8, 4) is 6.07 Å². The zero-order valence-corrected chi connectivity index (χ0v) is 11.3. The number of hydrogen-bond donors (Lipinski definition) is 0. The summed E-state index contributed by atoms with van der Waals surface area (Å²) in [6, 6.07) is 3.96. The summed E-state index contributed by atoms with van der Waals surface area (Å²) in [5.74, 6) is 0. The van der Waals surface area contributed by atoms with Gasteiger partial charge in [0.05, 0.1) is 0 Å². The van der Waals surface area contributed by atoms with Crippen LogP contribution in [0.1, 0.15) is 11.1 Å². The monoisotopic (exact) mass is 316 g/mol. The average Bonchev–Trinajstić information content (AvgIpc) is 2.19. The number of rotatable bonds is 1. The normalized spacial score (nSPS) is 10.3. The van der Waals surface area contributed by atoms with Crippen molar-refractivity contribution >= 4 is 25.4 Å². The predicted molar refractivity (Wildman–Crippen MR) is 50.5 cm³/mol. The second-order valence-corrected chi connectivity index (χ2v) is 4.34. The summed E-state index contributed by atoms with van der Waals surface area (Å²) in [6.07, 6.45) is -4.55. The van der Waals surface area contributed by atoms with Crippen molar-refractivity contribution in [3.63, 3.8) is 0 Å². The zero-order chi connectivity index (χ0) is 12.3. The number of halogens is 3. The van der Waals surface area contributed by atoms with Crippen LogP contribution in [0, 0.1) is 11.3 Å². The molecule has 1 rings (SSSR count). The Bertz CT molecular complexity index is 513. The molecule has 2 nitrogen and oxygen atoms in total. The number of nitrogens with zero attached hydrogens (tertiary/aromatic N) is 2. The molecule has 0 aromatic heterocycles. The molecule has 0 radical (unpaired) electrons. The molecule has 0 saturated carbocycles. The molecule has 16 heavy (non-hydrogen) atoms. The quantitative estimate of drug-likeness (QED) is 0.589. The van der Waals surface area contributed by atoms with Crippen LogP contribution in [-0.4, -0.2) is 5.16 Å². The Kier molecular flexibility index (Phi) is 4.34. The molecular weight excluding hydrogens is 314 g/mol.